The first kappa shape index (κ1) is 27.9. The second kappa shape index (κ2) is 13.0. The summed E-state index contributed by atoms with van der Waals surface area (Å²) in [6, 6.07) is 18.9. The SMILES string of the molecule is CC[C@H](C)NC(=O)[C@@H](Cc1ccccc1)N(Cc1ccccc1F)C(=O)COc1cc(C)cc(C)c1C. The zero-order valence-corrected chi connectivity index (χ0v) is 22.4. The number of amides is 2. The average molecular weight is 505 g/mol. The lowest BCUT2D eigenvalue weighted by molar-refractivity contribution is -0.143. The number of benzene rings is 3. The average Bonchev–Trinajstić information content (AvgIpc) is 2.88. The van der Waals surface area contributed by atoms with E-state index in [2.05, 4.69) is 11.4 Å². The number of ether oxygens (including phenoxy) is 1. The highest BCUT2D eigenvalue weighted by Gasteiger charge is 2.32. The molecule has 0 fully saturated rings. The Balaban J connectivity index is 1.96. The van der Waals surface area contributed by atoms with Crippen molar-refractivity contribution in [3.05, 3.63) is 100 Å². The van der Waals surface area contributed by atoms with Gasteiger partial charge in [-0.1, -0.05) is 61.5 Å². The van der Waals surface area contributed by atoms with Crippen LogP contribution >= 0.6 is 0 Å². The highest BCUT2D eigenvalue weighted by molar-refractivity contribution is 5.88. The summed E-state index contributed by atoms with van der Waals surface area (Å²) < 4.78 is 20.7. The Labute approximate surface area is 219 Å². The third-order valence-corrected chi connectivity index (χ3v) is 6.69. The fourth-order valence-corrected chi connectivity index (χ4v) is 4.18. The first-order valence-corrected chi connectivity index (χ1v) is 12.8. The molecule has 3 rings (SSSR count). The quantitative estimate of drug-likeness (QED) is 0.365. The molecule has 0 spiro atoms. The molecule has 2 amide bonds. The van der Waals surface area contributed by atoms with Crippen molar-refractivity contribution in [1.29, 1.82) is 0 Å². The predicted molar refractivity (Wildman–Crippen MR) is 145 cm³/mol. The fraction of sp³-hybridized carbons (Fsp3) is 0.355. The Bertz CT molecular complexity index is 1210. The van der Waals surface area contributed by atoms with Crippen molar-refractivity contribution < 1.29 is 18.7 Å². The van der Waals surface area contributed by atoms with Crippen LogP contribution in [-0.4, -0.2) is 35.4 Å². The third-order valence-electron chi connectivity index (χ3n) is 6.69. The van der Waals surface area contributed by atoms with E-state index in [1.54, 1.807) is 18.2 Å². The van der Waals surface area contributed by atoms with Crippen LogP contribution in [-0.2, 0) is 22.6 Å². The number of hydrogen-bond donors (Lipinski definition) is 1. The molecule has 0 radical (unpaired) electrons. The first-order valence-electron chi connectivity index (χ1n) is 12.8. The summed E-state index contributed by atoms with van der Waals surface area (Å²) in [5, 5.41) is 3.02. The summed E-state index contributed by atoms with van der Waals surface area (Å²) in [5.74, 6) is -0.458. The van der Waals surface area contributed by atoms with Crippen molar-refractivity contribution >= 4 is 11.8 Å². The van der Waals surface area contributed by atoms with E-state index >= 15 is 0 Å². The minimum absolute atomic E-state index is 0.0495. The summed E-state index contributed by atoms with van der Waals surface area (Å²) in [6.07, 6.45) is 1.05. The minimum Gasteiger partial charge on any atom is -0.483 e. The Morgan fingerprint density at radius 2 is 1.68 bits per heavy atom. The maximum Gasteiger partial charge on any atom is 0.261 e. The molecular weight excluding hydrogens is 467 g/mol. The van der Waals surface area contributed by atoms with Crippen LogP contribution in [0.5, 0.6) is 5.75 Å². The van der Waals surface area contributed by atoms with Crippen LogP contribution < -0.4 is 10.1 Å². The third kappa shape index (κ3) is 7.66. The molecule has 0 aliphatic heterocycles. The van der Waals surface area contributed by atoms with Gasteiger partial charge in [-0.05, 0) is 68.5 Å². The summed E-state index contributed by atoms with van der Waals surface area (Å²) in [7, 11) is 0. The summed E-state index contributed by atoms with van der Waals surface area (Å²) in [4.78, 5) is 28.7. The van der Waals surface area contributed by atoms with Gasteiger partial charge in [-0.3, -0.25) is 9.59 Å². The number of carbonyl (C=O) groups excluding carboxylic acids is 2. The van der Waals surface area contributed by atoms with Crippen molar-refractivity contribution in [3.8, 4) is 5.75 Å². The van der Waals surface area contributed by atoms with Crippen molar-refractivity contribution in [2.75, 3.05) is 6.61 Å². The van der Waals surface area contributed by atoms with E-state index in [9.17, 15) is 14.0 Å². The van der Waals surface area contributed by atoms with Crippen molar-refractivity contribution in [2.24, 2.45) is 0 Å². The van der Waals surface area contributed by atoms with Gasteiger partial charge in [0, 0.05) is 24.6 Å². The molecule has 0 saturated carbocycles. The zero-order valence-electron chi connectivity index (χ0n) is 22.4. The molecule has 6 heteroatoms. The van der Waals surface area contributed by atoms with Gasteiger partial charge in [-0.2, -0.15) is 0 Å². The Morgan fingerprint density at radius 3 is 2.35 bits per heavy atom. The highest BCUT2D eigenvalue weighted by Crippen LogP contribution is 2.24. The second-order valence-corrected chi connectivity index (χ2v) is 9.63. The van der Waals surface area contributed by atoms with E-state index in [-0.39, 0.29) is 31.0 Å². The predicted octanol–water partition coefficient (Wildman–Crippen LogP) is 5.68. The van der Waals surface area contributed by atoms with E-state index in [4.69, 9.17) is 4.74 Å². The van der Waals surface area contributed by atoms with Gasteiger partial charge in [0.2, 0.25) is 5.91 Å². The molecule has 0 heterocycles. The molecule has 0 aromatic heterocycles. The number of halogens is 1. The second-order valence-electron chi connectivity index (χ2n) is 9.63. The van der Waals surface area contributed by atoms with Crippen LogP contribution in [0.2, 0.25) is 0 Å². The summed E-state index contributed by atoms with van der Waals surface area (Å²) >= 11 is 0. The largest absolute Gasteiger partial charge is 0.483 e. The standard InChI is InChI=1S/C31H37FN2O3/c1-6-23(4)33-31(36)28(18-25-12-8-7-9-13-25)34(19-26-14-10-11-15-27(26)32)30(35)20-37-29-17-21(2)16-22(3)24(29)5/h7-17,23,28H,6,18-20H2,1-5H3,(H,33,36)/t23-,28+/m0/s1. The zero-order chi connectivity index (χ0) is 26.9. The molecule has 1 N–H and O–H groups in total. The summed E-state index contributed by atoms with van der Waals surface area (Å²) in [6.45, 7) is 9.51. The molecule has 5 nitrogen and oxygen atoms in total. The van der Waals surface area contributed by atoms with Gasteiger partial charge in [0.05, 0.1) is 0 Å². The lowest BCUT2D eigenvalue weighted by Gasteiger charge is -2.32. The molecule has 3 aromatic rings. The van der Waals surface area contributed by atoms with Crippen LogP contribution in [0.1, 0.15) is 48.1 Å². The van der Waals surface area contributed by atoms with Gasteiger partial charge >= 0.3 is 0 Å². The number of nitrogens with one attached hydrogen (secondary N) is 1. The van der Waals surface area contributed by atoms with Crippen LogP contribution in [0, 0.1) is 26.6 Å². The number of carbonyl (C=O) groups is 2. The highest BCUT2D eigenvalue weighted by atomic mass is 19.1. The molecule has 0 saturated heterocycles. The lowest BCUT2D eigenvalue weighted by atomic mass is 10.0. The van der Waals surface area contributed by atoms with Gasteiger partial charge in [0.15, 0.2) is 6.61 Å². The Morgan fingerprint density at radius 1 is 1.00 bits per heavy atom. The molecular formula is C31H37FN2O3. The van der Waals surface area contributed by atoms with Crippen LogP contribution in [0.3, 0.4) is 0 Å². The van der Waals surface area contributed by atoms with Crippen LogP contribution in [0.4, 0.5) is 4.39 Å². The first-order chi connectivity index (χ1) is 17.7. The van der Waals surface area contributed by atoms with Crippen molar-refractivity contribution in [2.45, 2.75) is 66.1 Å². The molecule has 0 bridgehead atoms. The monoisotopic (exact) mass is 504 g/mol. The lowest BCUT2D eigenvalue weighted by Crippen LogP contribution is -2.53. The van der Waals surface area contributed by atoms with Gasteiger partial charge in [0.1, 0.15) is 17.6 Å². The molecule has 0 unspecified atom stereocenters. The smallest absolute Gasteiger partial charge is 0.261 e. The number of hydrogen-bond acceptors (Lipinski definition) is 3. The maximum absolute atomic E-state index is 14.7. The number of aryl methyl sites for hydroxylation is 2. The van der Waals surface area contributed by atoms with Crippen LogP contribution in [0.25, 0.3) is 0 Å². The molecule has 2 atom stereocenters. The Kier molecular flexibility index (Phi) is 9.84. The van der Waals surface area contributed by atoms with Crippen LogP contribution in [0.15, 0.2) is 66.7 Å². The van der Waals surface area contributed by atoms with Gasteiger partial charge in [-0.25, -0.2) is 4.39 Å². The minimum atomic E-state index is -0.840. The number of rotatable bonds is 11. The molecule has 3 aromatic carbocycles. The van der Waals surface area contributed by atoms with E-state index in [1.807, 2.05) is 71.0 Å². The Hall–Kier alpha value is -3.67. The topological polar surface area (TPSA) is 58.6 Å². The van der Waals surface area contributed by atoms with Gasteiger partial charge in [-0.15, -0.1) is 0 Å². The summed E-state index contributed by atoms with van der Waals surface area (Å²) in [5.41, 5.74) is 4.30. The van der Waals surface area contributed by atoms with E-state index in [1.165, 1.54) is 11.0 Å². The molecule has 196 valence electrons. The van der Waals surface area contributed by atoms with Crippen molar-refractivity contribution in [1.82, 2.24) is 10.2 Å². The molecule has 0 aliphatic carbocycles. The van der Waals surface area contributed by atoms with Gasteiger partial charge in [0.25, 0.3) is 5.91 Å². The van der Waals surface area contributed by atoms with E-state index in [0.717, 1.165) is 28.7 Å². The van der Waals surface area contributed by atoms with E-state index < -0.39 is 11.9 Å². The maximum atomic E-state index is 14.7. The molecule has 0 aliphatic rings. The van der Waals surface area contributed by atoms with Crippen molar-refractivity contribution in [3.63, 3.8) is 0 Å². The van der Waals surface area contributed by atoms with E-state index in [0.29, 0.717) is 17.7 Å². The normalized spacial score (nSPS) is 12.5. The fourth-order valence-electron chi connectivity index (χ4n) is 4.18. The number of nitrogens with zero attached hydrogens (tertiary/aromatic N) is 1. The van der Waals surface area contributed by atoms with Gasteiger partial charge < -0.3 is 15.0 Å². The molecule has 37 heavy (non-hydrogen) atoms.